The van der Waals surface area contributed by atoms with Gasteiger partial charge in [-0.3, -0.25) is 4.79 Å². The van der Waals surface area contributed by atoms with Gasteiger partial charge in [0.2, 0.25) is 0 Å². The smallest absolute Gasteiger partial charge is 0.271 e. The van der Waals surface area contributed by atoms with E-state index in [2.05, 4.69) is 43.4 Å². The number of anilines is 1. The fraction of sp³-hybridized carbons (Fsp3) is 0.222. The van der Waals surface area contributed by atoms with E-state index in [4.69, 9.17) is 5.73 Å². The first-order valence-corrected chi connectivity index (χ1v) is 7.17. The summed E-state index contributed by atoms with van der Waals surface area (Å²) in [7, 11) is 0. The lowest BCUT2D eigenvalue weighted by atomic mass is 9.97. The topological polar surface area (TPSA) is 67.5 Å². The Labute approximate surface area is 131 Å². The van der Waals surface area contributed by atoms with Crippen LogP contribution in [0.2, 0.25) is 0 Å². The van der Waals surface area contributed by atoms with Crippen molar-refractivity contribution >= 4 is 17.3 Å². The molecule has 0 spiro atoms. The van der Waals surface area contributed by atoms with Crippen LogP contribution in [0, 0.1) is 20.8 Å². The van der Waals surface area contributed by atoms with Crippen LogP contribution in [0.15, 0.2) is 41.5 Å². The number of nitrogens with two attached hydrogens (primary N) is 1. The van der Waals surface area contributed by atoms with E-state index < -0.39 is 0 Å². The van der Waals surface area contributed by atoms with E-state index in [-0.39, 0.29) is 5.91 Å². The van der Waals surface area contributed by atoms with E-state index in [1.165, 1.54) is 5.56 Å². The van der Waals surface area contributed by atoms with Gasteiger partial charge in [0.25, 0.3) is 5.91 Å². The maximum absolute atomic E-state index is 12.1. The van der Waals surface area contributed by atoms with Crippen molar-refractivity contribution in [2.45, 2.75) is 27.7 Å². The standard InChI is InChI=1S/C18H21N3O/c1-11-9-12(2)17(13(3)10-11)14(4)20-21-18(22)15-5-7-16(19)8-6-15/h5-10H,19H2,1-4H3,(H,21,22)/b20-14-. The highest BCUT2D eigenvalue weighted by atomic mass is 16.2. The molecule has 4 nitrogen and oxygen atoms in total. The normalized spacial score (nSPS) is 11.4. The molecule has 0 aliphatic rings. The molecular weight excluding hydrogens is 274 g/mol. The predicted molar refractivity (Wildman–Crippen MR) is 91.2 cm³/mol. The van der Waals surface area contributed by atoms with Crippen LogP contribution in [0.3, 0.4) is 0 Å². The van der Waals surface area contributed by atoms with E-state index in [1.54, 1.807) is 24.3 Å². The van der Waals surface area contributed by atoms with Crippen molar-refractivity contribution in [2.75, 3.05) is 5.73 Å². The molecule has 0 aliphatic carbocycles. The van der Waals surface area contributed by atoms with Gasteiger partial charge < -0.3 is 5.73 Å². The number of hydrogen-bond acceptors (Lipinski definition) is 3. The number of hydrogen-bond donors (Lipinski definition) is 2. The number of nitrogens with zero attached hydrogens (tertiary/aromatic N) is 1. The summed E-state index contributed by atoms with van der Waals surface area (Å²) in [5.41, 5.74) is 14.8. The minimum absolute atomic E-state index is 0.248. The first-order valence-electron chi connectivity index (χ1n) is 7.17. The van der Waals surface area contributed by atoms with Gasteiger partial charge in [0.1, 0.15) is 0 Å². The molecule has 0 unspecified atom stereocenters. The molecule has 0 aliphatic heterocycles. The third-order valence-corrected chi connectivity index (χ3v) is 3.54. The van der Waals surface area contributed by atoms with Gasteiger partial charge in [-0.1, -0.05) is 17.7 Å². The predicted octanol–water partition coefficient (Wildman–Crippen LogP) is 3.35. The van der Waals surface area contributed by atoms with Gasteiger partial charge in [0, 0.05) is 16.8 Å². The molecule has 0 saturated heterocycles. The Kier molecular flexibility index (Phi) is 4.61. The molecule has 0 saturated carbocycles. The van der Waals surface area contributed by atoms with E-state index in [1.807, 2.05) is 6.92 Å². The first-order chi connectivity index (χ1) is 10.4. The highest BCUT2D eigenvalue weighted by Gasteiger charge is 2.09. The van der Waals surface area contributed by atoms with Crippen LogP contribution < -0.4 is 11.2 Å². The first kappa shape index (κ1) is 15.8. The van der Waals surface area contributed by atoms with E-state index in [0.29, 0.717) is 11.3 Å². The van der Waals surface area contributed by atoms with E-state index in [0.717, 1.165) is 22.4 Å². The summed E-state index contributed by atoms with van der Waals surface area (Å²) in [4.78, 5) is 12.1. The minimum atomic E-state index is -0.248. The van der Waals surface area contributed by atoms with Crippen molar-refractivity contribution < 1.29 is 4.79 Å². The molecule has 0 atom stereocenters. The van der Waals surface area contributed by atoms with Crippen molar-refractivity contribution in [1.82, 2.24) is 5.43 Å². The third-order valence-electron chi connectivity index (χ3n) is 3.54. The largest absolute Gasteiger partial charge is 0.399 e. The van der Waals surface area contributed by atoms with Gasteiger partial charge >= 0.3 is 0 Å². The molecule has 0 heterocycles. The van der Waals surface area contributed by atoms with Crippen molar-refractivity contribution in [1.29, 1.82) is 0 Å². The Morgan fingerprint density at radius 2 is 1.59 bits per heavy atom. The Bertz CT molecular complexity index is 707. The zero-order chi connectivity index (χ0) is 16.3. The highest BCUT2D eigenvalue weighted by Crippen LogP contribution is 2.17. The fourth-order valence-corrected chi connectivity index (χ4v) is 2.64. The molecule has 0 aromatic heterocycles. The number of aryl methyl sites for hydroxylation is 3. The van der Waals surface area contributed by atoms with Crippen LogP contribution in [-0.2, 0) is 0 Å². The number of nitrogen functional groups attached to an aromatic ring is 1. The molecule has 2 rings (SSSR count). The molecule has 0 fully saturated rings. The maximum Gasteiger partial charge on any atom is 0.271 e. The summed E-state index contributed by atoms with van der Waals surface area (Å²) < 4.78 is 0. The van der Waals surface area contributed by atoms with Crippen LogP contribution in [-0.4, -0.2) is 11.6 Å². The lowest BCUT2D eigenvalue weighted by Gasteiger charge is -2.11. The number of nitrogens with one attached hydrogen (secondary N) is 1. The lowest BCUT2D eigenvalue weighted by molar-refractivity contribution is 0.0955. The van der Waals surface area contributed by atoms with Crippen LogP contribution in [0.4, 0.5) is 5.69 Å². The van der Waals surface area contributed by atoms with Gasteiger partial charge in [-0.2, -0.15) is 5.10 Å². The Hall–Kier alpha value is -2.62. The third kappa shape index (κ3) is 3.52. The summed E-state index contributed by atoms with van der Waals surface area (Å²) in [5.74, 6) is -0.248. The van der Waals surface area contributed by atoms with Gasteiger partial charge in [0.15, 0.2) is 0 Å². The molecule has 2 aromatic carbocycles. The SMILES string of the molecule is C/C(=N/NC(=O)c1ccc(N)cc1)c1c(C)cc(C)cc1C. The second kappa shape index (κ2) is 6.43. The number of hydrazone groups is 1. The average molecular weight is 295 g/mol. The second-order valence-electron chi connectivity index (χ2n) is 5.53. The molecule has 2 aromatic rings. The summed E-state index contributed by atoms with van der Waals surface area (Å²) in [6.07, 6.45) is 0. The van der Waals surface area contributed by atoms with Crippen molar-refractivity contribution in [3.8, 4) is 0 Å². The van der Waals surface area contributed by atoms with Crippen molar-refractivity contribution in [3.05, 3.63) is 64.2 Å². The fourth-order valence-electron chi connectivity index (χ4n) is 2.64. The Balaban J connectivity index is 2.20. The number of carbonyl (C=O) groups excluding carboxylic acids is 1. The zero-order valence-corrected chi connectivity index (χ0v) is 13.4. The van der Waals surface area contributed by atoms with E-state index >= 15 is 0 Å². The highest BCUT2D eigenvalue weighted by molar-refractivity contribution is 6.02. The molecule has 4 heteroatoms. The molecule has 0 radical (unpaired) electrons. The summed E-state index contributed by atoms with van der Waals surface area (Å²) >= 11 is 0. The van der Waals surface area contributed by atoms with Gasteiger partial charge in [0.05, 0.1) is 5.71 Å². The van der Waals surface area contributed by atoms with Crippen LogP contribution >= 0.6 is 0 Å². The molecule has 114 valence electrons. The number of amides is 1. The van der Waals surface area contributed by atoms with Crippen LogP contribution in [0.1, 0.15) is 39.5 Å². The monoisotopic (exact) mass is 295 g/mol. The Morgan fingerprint density at radius 3 is 2.14 bits per heavy atom. The molecule has 1 amide bonds. The molecule has 0 bridgehead atoms. The number of carbonyl (C=O) groups is 1. The summed E-state index contributed by atoms with van der Waals surface area (Å²) in [5, 5.41) is 4.23. The molecular formula is C18H21N3O. The van der Waals surface area contributed by atoms with Crippen LogP contribution in [0.5, 0.6) is 0 Å². The average Bonchev–Trinajstić information content (AvgIpc) is 2.44. The van der Waals surface area contributed by atoms with Crippen molar-refractivity contribution in [3.63, 3.8) is 0 Å². The van der Waals surface area contributed by atoms with Gasteiger partial charge in [-0.15, -0.1) is 0 Å². The lowest BCUT2D eigenvalue weighted by Crippen LogP contribution is -2.19. The molecule has 3 N–H and O–H groups in total. The second-order valence-corrected chi connectivity index (χ2v) is 5.53. The summed E-state index contributed by atoms with van der Waals surface area (Å²) in [6, 6.07) is 11.0. The van der Waals surface area contributed by atoms with Gasteiger partial charge in [-0.05, 0) is 63.1 Å². The summed E-state index contributed by atoms with van der Waals surface area (Å²) in [6.45, 7) is 8.07. The Morgan fingerprint density at radius 1 is 1.05 bits per heavy atom. The number of benzene rings is 2. The zero-order valence-electron chi connectivity index (χ0n) is 13.4. The van der Waals surface area contributed by atoms with Gasteiger partial charge in [-0.25, -0.2) is 5.43 Å². The number of rotatable bonds is 3. The molecule has 22 heavy (non-hydrogen) atoms. The van der Waals surface area contributed by atoms with Crippen LogP contribution in [0.25, 0.3) is 0 Å². The maximum atomic E-state index is 12.1. The van der Waals surface area contributed by atoms with Crippen molar-refractivity contribution in [2.24, 2.45) is 5.10 Å². The van der Waals surface area contributed by atoms with E-state index in [9.17, 15) is 4.79 Å². The minimum Gasteiger partial charge on any atom is -0.399 e. The quantitative estimate of drug-likeness (QED) is 0.518.